The molecule has 2 aromatic carbocycles. The van der Waals surface area contributed by atoms with Crippen LogP contribution in [0.3, 0.4) is 0 Å². The molecule has 1 unspecified atom stereocenters. The van der Waals surface area contributed by atoms with E-state index in [9.17, 15) is 19.2 Å². The van der Waals surface area contributed by atoms with Gasteiger partial charge in [0.15, 0.2) is 5.82 Å². The molecule has 24 heteroatoms. The minimum Gasteiger partial charge on any atom is -0.496 e. The summed E-state index contributed by atoms with van der Waals surface area (Å²) in [5.41, 5.74) is 7.06. The number of aliphatic imine (C=N–C) groups is 1. The highest BCUT2D eigenvalue weighted by atomic mass is 35.5. The third-order valence-electron chi connectivity index (χ3n) is 13.3. The second kappa shape index (κ2) is 25.4. The summed E-state index contributed by atoms with van der Waals surface area (Å²) in [6.07, 6.45) is 3.25. The van der Waals surface area contributed by atoms with Crippen LogP contribution < -0.4 is 21.1 Å². The summed E-state index contributed by atoms with van der Waals surface area (Å²) >= 11 is 7.54. The summed E-state index contributed by atoms with van der Waals surface area (Å²) in [7, 11) is 2.91. The molecule has 2 atom stereocenters. The van der Waals surface area contributed by atoms with Gasteiger partial charge >= 0.3 is 11.7 Å². The summed E-state index contributed by atoms with van der Waals surface area (Å²) in [6, 6.07) is 15.4. The summed E-state index contributed by atoms with van der Waals surface area (Å²) in [4.78, 5) is 68.7. The molecule has 0 radical (unpaired) electrons. The molecule has 79 heavy (non-hydrogen) atoms. The quantitative estimate of drug-likeness (QED) is 0.0451. The first-order valence-corrected chi connectivity index (χ1v) is 26.8. The van der Waals surface area contributed by atoms with Crippen LogP contribution in [0.25, 0.3) is 38.1 Å². The number of rotatable bonds is 25. The average Bonchev–Trinajstić information content (AvgIpc) is 4.22. The molecule has 1 aliphatic heterocycles. The standard InChI is InChI=1S/C55H60ClN11O11S/c1-31-47-49(36-11-13-37(56)14-12-36)61-42(28-46(69)73-7)52-63-62-35(5)67(52)54(47)79-51(31)53(70)59-17-19-75-21-23-77-25-24-76-22-20-74-18-16-58-45(68)30-65-43-29-60-41-26-39(48-32(2)64-78-34(48)4)44(72-6)27-38(41)50(43)66(55(65)71)33(3)40-10-8-9-15-57-40/h8-15,26-27,29,33,42H,16-25,28,30H2,1-7H3,(H,58,68)(H,59,70)/t33?,42-/m0/s1. The maximum absolute atomic E-state index is 14.4. The van der Waals surface area contributed by atoms with Gasteiger partial charge in [-0.3, -0.25) is 43.0 Å². The Morgan fingerprint density at radius 1 is 0.848 bits per heavy atom. The molecule has 0 aliphatic carbocycles. The molecule has 7 heterocycles. The average molecular weight is 1120 g/mol. The number of methoxy groups -OCH3 is 2. The molecule has 0 fully saturated rings. The molecule has 414 valence electrons. The highest BCUT2D eigenvalue weighted by Crippen LogP contribution is 2.42. The van der Waals surface area contributed by atoms with E-state index in [0.29, 0.717) is 112 Å². The minimum atomic E-state index is -0.680. The maximum Gasteiger partial charge on any atom is 0.330 e. The fourth-order valence-electron chi connectivity index (χ4n) is 9.49. The van der Waals surface area contributed by atoms with E-state index in [1.54, 1.807) is 36.2 Å². The van der Waals surface area contributed by atoms with Crippen molar-refractivity contribution in [3.05, 3.63) is 133 Å². The van der Waals surface area contributed by atoms with Gasteiger partial charge in [0, 0.05) is 46.4 Å². The predicted molar refractivity (Wildman–Crippen MR) is 295 cm³/mol. The Labute approximate surface area is 463 Å². The number of benzene rings is 2. The lowest BCUT2D eigenvalue weighted by Crippen LogP contribution is -2.35. The van der Waals surface area contributed by atoms with Gasteiger partial charge in [-0.05, 0) is 76.6 Å². The number of imidazole rings is 1. The largest absolute Gasteiger partial charge is 0.496 e. The molecule has 0 saturated carbocycles. The van der Waals surface area contributed by atoms with Gasteiger partial charge in [-0.2, -0.15) is 0 Å². The highest BCUT2D eigenvalue weighted by Gasteiger charge is 2.34. The zero-order valence-electron chi connectivity index (χ0n) is 44.8. The van der Waals surface area contributed by atoms with Crippen LogP contribution in [-0.4, -0.2) is 143 Å². The number of thiophene rings is 1. The SMILES string of the molecule is COC(=O)C[C@@H]1N=C(c2ccc(Cl)cc2)c2c(sc(C(=O)NCCOCCOCCOCCOCCNC(=O)Cn3c(=O)n(C(C)c4ccccn4)c4c5cc(OC)c(-c6c(C)noc6C)cc5ncc43)c2C)-n2c(C)nnc21. The number of nitrogens with zero attached hydrogens (tertiary/aromatic N) is 9. The van der Waals surface area contributed by atoms with E-state index >= 15 is 0 Å². The first kappa shape index (κ1) is 56.1. The second-order valence-electron chi connectivity index (χ2n) is 18.4. The van der Waals surface area contributed by atoms with Crippen molar-refractivity contribution >= 4 is 68.4 Å². The van der Waals surface area contributed by atoms with Crippen LogP contribution in [0.15, 0.2) is 81.3 Å². The van der Waals surface area contributed by atoms with Crippen molar-refractivity contribution in [1.82, 2.24) is 49.7 Å². The van der Waals surface area contributed by atoms with Gasteiger partial charge in [0.05, 0.1) is 130 Å². The van der Waals surface area contributed by atoms with Crippen molar-refractivity contribution in [2.24, 2.45) is 4.99 Å². The van der Waals surface area contributed by atoms with Crippen molar-refractivity contribution in [3.8, 4) is 21.9 Å². The molecule has 0 saturated heterocycles. The van der Waals surface area contributed by atoms with Crippen LogP contribution >= 0.6 is 22.9 Å². The van der Waals surface area contributed by atoms with Crippen LogP contribution in [0.4, 0.5) is 0 Å². The Bertz CT molecular complexity index is 3570. The number of halogens is 1. The zero-order valence-corrected chi connectivity index (χ0v) is 46.4. The van der Waals surface area contributed by atoms with E-state index in [-0.39, 0.29) is 51.1 Å². The molecule has 0 spiro atoms. The number of carbonyl (C=O) groups excluding carboxylic acids is 3. The van der Waals surface area contributed by atoms with E-state index < -0.39 is 23.7 Å². The van der Waals surface area contributed by atoms with Crippen LogP contribution in [0.5, 0.6) is 5.75 Å². The van der Waals surface area contributed by atoms with Crippen molar-refractivity contribution < 1.29 is 47.3 Å². The molecule has 0 bridgehead atoms. The number of hydrogen-bond acceptors (Lipinski definition) is 18. The molecule has 9 rings (SSSR count). The van der Waals surface area contributed by atoms with Crippen LogP contribution in [0.2, 0.25) is 5.02 Å². The van der Waals surface area contributed by atoms with Crippen molar-refractivity contribution in [2.45, 2.75) is 59.7 Å². The maximum atomic E-state index is 14.4. The molecular weight excluding hydrogens is 1060 g/mol. The normalized spacial score (nSPS) is 13.5. The topological polar surface area (TPSA) is 252 Å². The van der Waals surface area contributed by atoms with E-state index in [1.807, 2.05) is 81.7 Å². The number of aromatic nitrogens is 8. The molecule has 2 N–H and O–H groups in total. The van der Waals surface area contributed by atoms with Gasteiger partial charge in [0.1, 0.15) is 34.9 Å². The monoisotopic (exact) mass is 1120 g/mol. The number of pyridine rings is 2. The Balaban J connectivity index is 0.694. The Morgan fingerprint density at radius 2 is 1.54 bits per heavy atom. The van der Waals surface area contributed by atoms with E-state index in [2.05, 4.69) is 31.0 Å². The summed E-state index contributed by atoms with van der Waals surface area (Å²) < 4.78 is 43.9. The first-order valence-electron chi connectivity index (χ1n) is 25.6. The van der Waals surface area contributed by atoms with E-state index in [1.165, 1.54) is 23.0 Å². The van der Waals surface area contributed by atoms with Crippen LogP contribution in [-0.2, 0) is 39.8 Å². The van der Waals surface area contributed by atoms with Gasteiger partial charge in [-0.15, -0.1) is 21.5 Å². The molecule has 8 aromatic rings. The Morgan fingerprint density at radius 3 is 2.19 bits per heavy atom. The van der Waals surface area contributed by atoms with Crippen molar-refractivity contribution in [1.29, 1.82) is 0 Å². The number of ether oxygens (including phenoxy) is 6. The summed E-state index contributed by atoms with van der Waals surface area (Å²) in [6.45, 7) is 12.0. The number of amides is 2. The highest BCUT2D eigenvalue weighted by molar-refractivity contribution is 7.17. The van der Waals surface area contributed by atoms with Gasteiger partial charge in [-0.25, -0.2) is 4.79 Å². The molecular formula is C55H60ClN11O11S. The molecule has 2 amide bonds. The number of aryl methyl sites for hydroxylation is 3. The van der Waals surface area contributed by atoms with E-state index in [0.717, 1.165) is 32.8 Å². The Hall–Kier alpha value is -7.67. The summed E-state index contributed by atoms with van der Waals surface area (Å²) in [5.74, 6) is 1.16. The number of nitrogens with one attached hydrogen (secondary N) is 2. The van der Waals surface area contributed by atoms with Crippen LogP contribution in [0.1, 0.15) is 80.6 Å². The van der Waals surface area contributed by atoms with Gasteiger partial charge in [0.2, 0.25) is 5.91 Å². The third-order valence-corrected chi connectivity index (χ3v) is 14.9. The van der Waals surface area contributed by atoms with Gasteiger partial charge in [-0.1, -0.05) is 35.0 Å². The van der Waals surface area contributed by atoms with Gasteiger partial charge in [0.25, 0.3) is 5.91 Å². The van der Waals surface area contributed by atoms with Gasteiger partial charge < -0.3 is 43.6 Å². The first-order chi connectivity index (χ1) is 38.3. The Kier molecular flexibility index (Phi) is 18.0. The lowest BCUT2D eigenvalue weighted by molar-refractivity contribution is -0.141. The summed E-state index contributed by atoms with van der Waals surface area (Å²) in [5, 5.41) is 20.6. The number of fused-ring (bicyclic) bond motifs is 6. The number of hydrogen-bond donors (Lipinski definition) is 2. The lowest BCUT2D eigenvalue weighted by atomic mass is 9.99. The second-order valence-corrected chi connectivity index (χ2v) is 19.9. The number of carbonyl (C=O) groups is 3. The molecule has 1 aliphatic rings. The van der Waals surface area contributed by atoms with Crippen molar-refractivity contribution in [2.75, 3.05) is 80.2 Å². The minimum absolute atomic E-state index is 0.0451. The van der Waals surface area contributed by atoms with E-state index in [4.69, 9.17) is 54.5 Å². The number of esters is 1. The lowest BCUT2D eigenvalue weighted by Gasteiger charge is -2.15. The van der Waals surface area contributed by atoms with Crippen LogP contribution in [0, 0.1) is 27.7 Å². The third kappa shape index (κ3) is 12.2. The smallest absolute Gasteiger partial charge is 0.330 e. The molecule has 22 nitrogen and oxygen atoms in total. The fraction of sp³-hybridized carbons (Fsp3) is 0.382. The fourth-order valence-corrected chi connectivity index (χ4v) is 10.9. The van der Waals surface area contributed by atoms with Crippen molar-refractivity contribution in [3.63, 3.8) is 0 Å². The predicted octanol–water partition coefficient (Wildman–Crippen LogP) is 6.62. The zero-order chi connectivity index (χ0) is 55.7. The molecule has 6 aromatic heterocycles.